The number of aliphatic hydroxyl groups is 2. The van der Waals surface area contributed by atoms with E-state index in [2.05, 4.69) is 46.2 Å². The van der Waals surface area contributed by atoms with Crippen LogP contribution < -0.4 is 0 Å². The molecule has 7 nitrogen and oxygen atoms in total. The first-order chi connectivity index (χ1) is 15.6. The second-order valence-corrected chi connectivity index (χ2v) is 8.25. The minimum absolute atomic E-state index is 0. The highest BCUT2D eigenvalue weighted by Crippen LogP contribution is 2.30. The summed E-state index contributed by atoms with van der Waals surface area (Å²) in [6, 6.07) is 18.8. The number of carbonyl (C=O) groups excluding carboxylic acids is 1. The molecule has 2 N–H and O–H groups in total. The molecule has 1 saturated heterocycles. The number of hydrogen-bond acceptors (Lipinski definition) is 7. The van der Waals surface area contributed by atoms with Crippen LogP contribution in [0.4, 0.5) is 0 Å². The molecule has 1 heterocycles. The Balaban J connectivity index is 0.00000289. The standard InChI is InChI=1S/C24H31ClN2O5.2ClH/c25-21-8-6-20(7-9-21)24(19-4-2-1-3-5-19)27-12-10-26(11-13-27)14-15-31-18-23(30)32-17-22(29)16-28;;/h1-9,22,24,28-29H,10-18H2;2*1H. The maximum atomic E-state index is 11.6. The Morgan fingerprint density at radius 2 is 1.59 bits per heavy atom. The molecule has 0 spiro atoms. The van der Waals surface area contributed by atoms with Crippen LogP contribution in [0.5, 0.6) is 0 Å². The van der Waals surface area contributed by atoms with Crippen molar-refractivity contribution in [3.05, 3.63) is 70.7 Å². The van der Waals surface area contributed by atoms with Gasteiger partial charge in [0, 0.05) is 37.7 Å². The molecule has 0 saturated carbocycles. The van der Waals surface area contributed by atoms with Gasteiger partial charge in [0.25, 0.3) is 0 Å². The largest absolute Gasteiger partial charge is 0.461 e. The highest BCUT2D eigenvalue weighted by molar-refractivity contribution is 6.30. The summed E-state index contributed by atoms with van der Waals surface area (Å²) in [4.78, 5) is 16.4. The Morgan fingerprint density at radius 3 is 2.21 bits per heavy atom. The zero-order valence-electron chi connectivity index (χ0n) is 18.9. The smallest absolute Gasteiger partial charge is 0.332 e. The number of halogens is 3. The molecular weight excluding hydrogens is 503 g/mol. The first kappa shape index (κ1) is 30.6. The summed E-state index contributed by atoms with van der Waals surface area (Å²) in [5.41, 5.74) is 2.48. The van der Waals surface area contributed by atoms with E-state index in [0.29, 0.717) is 6.61 Å². The van der Waals surface area contributed by atoms with E-state index in [9.17, 15) is 9.90 Å². The molecular formula is C24H33Cl3N2O5. The summed E-state index contributed by atoms with van der Waals surface area (Å²) >= 11 is 6.10. The van der Waals surface area contributed by atoms with Crippen LogP contribution in [-0.2, 0) is 14.3 Å². The van der Waals surface area contributed by atoms with Crippen molar-refractivity contribution in [3.8, 4) is 0 Å². The number of rotatable bonds is 11. The average molecular weight is 536 g/mol. The maximum Gasteiger partial charge on any atom is 0.332 e. The molecule has 2 unspecified atom stereocenters. The third kappa shape index (κ3) is 9.68. The van der Waals surface area contributed by atoms with Gasteiger partial charge in [-0.2, -0.15) is 0 Å². The van der Waals surface area contributed by atoms with Gasteiger partial charge in [-0.05, 0) is 23.3 Å². The Hall–Kier alpha value is -1.42. The van der Waals surface area contributed by atoms with E-state index in [1.54, 1.807) is 0 Å². The molecule has 2 atom stereocenters. The van der Waals surface area contributed by atoms with E-state index in [1.165, 1.54) is 11.1 Å². The van der Waals surface area contributed by atoms with Crippen molar-refractivity contribution < 1.29 is 24.5 Å². The molecule has 2 aromatic carbocycles. The Kier molecular flexibility index (Phi) is 14.7. The Labute approximate surface area is 218 Å². The van der Waals surface area contributed by atoms with E-state index in [4.69, 9.17) is 26.2 Å². The summed E-state index contributed by atoms with van der Waals surface area (Å²) in [6.45, 7) is 3.99. The fraction of sp³-hybridized carbons (Fsp3) is 0.458. The summed E-state index contributed by atoms with van der Waals surface area (Å²) in [5, 5.41) is 18.6. The summed E-state index contributed by atoms with van der Waals surface area (Å²) in [5.74, 6) is -0.545. The molecule has 3 rings (SSSR count). The van der Waals surface area contributed by atoms with E-state index >= 15 is 0 Å². The van der Waals surface area contributed by atoms with Gasteiger partial charge in [-0.3, -0.25) is 9.80 Å². The first-order valence-corrected chi connectivity index (χ1v) is 11.2. The van der Waals surface area contributed by atoms with Crippen LogP contribution in [0.25, 0.3) is 0 Å². The van der Waals surface area contributed by atoms with Crippen LogP contribution in [-0.4, -0.2) is 91.2 Å². The van der Waals surface area contributed by atoms with Gasteiger partial charge >= 0.3 is 5.97 Å². The summed E-state index contributed by atoms with van der Waals surface area (Å²) in [6.07, 6.45) is -1.05. The number of piperazine rings is 1. The predicted octanol–water partition coefficient (Wildman–Crippen LogP) is 2.80. The SMILES string of the molecule is Cl.Cl.O=C(COCCN1CCN(C(c2ccccc2)c2ccc(Cl)cc2)CC1)OCC(O)CO. The first-order valence-electron chi connectivity index (χ1n) is 10.9. The lowest BCUT2D eigenvalue weighted by molar-refractivity contribution is -0.152. The molecule has 0 aromatic heterocycles. The number of nitrogens with zero attached hydrogens (tertiary/aromatic N) is 2. The van der Waals surface area contributed by atoms with Gasteiger partial charge in [0.1, 0.15) is 19.3 Å². The van der Waals surface area contributed by atoms with Gasteiger partial charge in [-0.25, -0.2) is 4.79 Å². The third-order valence-corrected chi connectivity index (χ3v) is 5.74. The molecule has 34 heavy (non-hydrogen) atoms. The maximum absolute atomic E-state index is 11.6. The number of esters is 1. The van der Waals surface area contributed by atoms with Crippen molar-refractivity contribution in [1.29, 1.82) is 0 Å². The van der Waals surface area contributed by atoms with Crippen molar-refractivity contribution in [3.63, 3.8) is 0 Å². The highest BCUT2D eigenvalue weighted by atomic mass is 35.5. The van der Waals surface area contributed by atoms with E-state index < -0.39 is 18.7 Å². The number of carbonyl (C=O) groups is 1. The molecule has 190 valence electrons. The molecule has 0 amide bonds. The average Bonchev–Trinajstić information content (AvgIpc) is 2.83. The third-order valence-electron chi connectivity index (χ3n) is 5.49. The fourth-order valence-electron chi connectivity index (χ4n) is 3.77. The minimum Gasteiger partial charge on any atom is -0.461 e. The zero-order valence-corrected chi connectivity index (χ0v) is 21.3. The summed E-state index contributed by atoms with van der Waals surface area (Å²) in [7, 11) is 0. The second kappa shape index (κ2) is 16.3. The van der Waals surface area contributed by atoms with Crippen LogP contribution in [0.1, 0.15) is 17.2 Å². The van der Waals surface area contributed by atoms with E-state index in [0.717, 1.165) is 37.7 Å². The zero-order chi connectivity index (χ0) is 22.8. The second-order valence-electron chi connectivity index (χ2n) is 7.81. The lowest BCUT2D eigenvalue weighted by Crippen LogP contribution is -2.48. The molecule has 0 aliphatic carbocycles. The van der Waals surface area contributed by atoms with Gasteiger partial charge in [0.2, 0.25) is 0 Å². The van der Waals surface area contributed by atoms with Crippen molar-refractivity contribution in [2.45, 2.75) is 12.1 Å². The minimum atomic E-state index is -1.05. The molecule has 0 bridgehead atoms. The molecule has 10 heteroatoms. The van der Waals surface area contributed by atoms with E-state index in [-0.39, 0.29) is 44.1 Å². The Morgan fingerprint density at radius 1 is 0.971 bits per heavy atom. The van der Waals surface area contributed by atoms with Crippen LogP contribution in [0.15, 0.2) is 54.6 Å². The van der Waals surface area contributed by atoms with Crippen molar-refractivity contribution in [2.75, 3.05) is 59.2 Å². The number of ether oxygens (including phenoxy) is 2. The number of aliphatic hydroxyl groups excluding tert-OH is 2. The molecule has 0 radical (unpaired) electrons. The van der Waals surface area contributed by atoms with Gasteiger partial charge in [0.15, 0.2) is 0 Å². The monoisotopic (exact) mass is 534 g/mol. The van der Waals surface area contributed by atoms with Crippen LogP contribution in [0, 0.1) is 0 Å². The lowest BCUT2D eigenvalue weighted by atomic mass is 9.96. The van der Waals surface area contributed by atoms with Crippen molar-refractivity contribution in [2.24, 2.45) is 0 Å². The number of benzene rings is 2. The topological polar surface area (TPSA) is 82.5 Å². The highest BCUT2D eigenvalue weighted by Gasteiger charge is 2.26. The molecule has 2 aromatic rings. The normalized spacial score (nSPS) is 16.1. The van der Waals surface area contributed by atoms with Gasteiger partial charge in [-0.1, -0.05) is 54.1 Å². The van der Waals surface area contributed by atoms with E-state index in [1.807, 2.05) is 18.2 Å². The van der Waals surface area contributed by atoms with Gasteiger partial charge in [0.05, 0.1) is 19.3 Å². The lowest BCUT2D eigenvalue weighted by Gasteiger charge is -2.39. The van der Waals surface area contributed by atoms with Gasteiger partial charge in [-0.15, -0.1) is 24.8 Å². The van der Waals surface area contributed by atoms with Crippen LogP contribution in [0.3, 0.4) is 0 Å². The summed E-state index contributed by atoms with van der Waals surface area (Å²) < 4.78 is 10.2. The van der Waals surface area contributed by atoms with Crippen molar-refractivity contribution >= 4 is 42.4 Å². The molecule has 1 aliphatic heterocycles. The predicted molar refractivity (Wildman–Crippen MR) is 137 cm³/mol. The van der Waals surface area contributed by atoms with Crippen LogP contribution in [0.2, 0.25) is 5.02 Å². The van der Waals surface area contributed by atoms with Crippen LogP contribution >= 0.6 is 36.4 Å². The fourth-order valence-corrected chi connectivity index (χ4v) is 3.90. The van der Waals surface area contributed by atoms with Crippen molar-refractivity contribution in [1.82, 2.24) is 9.80 Å². The molecule has 1 aliphatic rings. The molecule has 1 fully saturated rings. The van der Waals surface area contributed by atoms with Gasteiger partial charge < -0.3 is 19.7 Å². The Bertz CT molecular complexity index is 821. The number of hydrogen-bond donors (Lipinski definition) is 2. The quantitative estimate of drug-likeness (QED) is 0.338.